The number of hydrogen-bond acceptors (Lipinski definition) is 4. The lowest BCUT2D eigenvalue weighted by Crippen LogP contribution is -2.22. The molecule has 0 bridgehead atoms. The fourth-order valence-corrected chi connectivity index (χ4v) is 3.79. The Morgan fingerprint density at radius 1 is 0.968 bits per heavy atom. The molecule has 5 rings (SSSR count). The van der Waals surface area contributed by atoms with Gasteiger partial charge in [-0.2, -0.15) is 5.10 Å². The molecular weight excluding hydrogens is 390 g/mol. The van der Waals surface area contributed by atoms with Gasteiger partial charge in [-0.15, -0.1) is 0 Å². The molecule has 154 valence electrons. The second-order valence-corrected chi connectivity index (χ2v) is 7.57. The van der Waals surface area contributed by atoms with Gasteiger partial charge in [-0.3, -0.25) is 9.59 Å². The topological polar surface area (TPSA) is 81.8 Å². The van der Waals surface area contributed by atoms with Crippen molar-refractivity contribution >= 4 is 17.4 Å². The van der Waals surface area contributed by atoms with Crippen molar-refractivity contribution in [2.45, 2.75) is 25.8 Å². The van der Waals surface area contributed by atoms with Crippen molar-refractivity contribution in [1.82, 2.24) is 19.3 Å². The zero-order valence-corrected chi connectivity index (χ0v) is 16.9. The lowest BCUT2D eigenvalue weighted by Gasteiger charge is -2.11. The van der Waals surface area contributed by atoms with Gasteiger partial charge in [-0.05, 0) is 37.1 Å². The summed E-state index contributed by atoms with van der Waals surface area (Å²) in [6.07, 6.45) is 8.34. The Labute approximate surface area is 179 Å². The Morgan fingerprint density at radius 3 is 2.68 bits per heavy atom. The Bertz CT molecular complexity index is 1230. The highest BCUT2D eigenvalue weighted by Crippen LogP contribution is 2.25. The maximum absolute atomic E-state index is 12.6. The second-order valence-electron chi connectivity index (χ2n) is 7.57. The van der Waals surface area contributed by atoms with Gasteiger partial charge >= 0.3 is 0 Å². The molecule has 0 aliphatic carbocycles. The Morgan fingerprint density at radius 2 is 1.84 bits per heavy atom. The van der Waals surface area contributed by atoms with E-state index >= 15 is 0 Å². The molecule has 4 aromatic rings. The summed E-state index contributed by atoms with van der Waals surface area (Å²) in [5.74, 6) is -0.236. The standard InChI is InChI=1S/C24H21N5O2/c30-23(18-14-25-29(15-18)20-9-2-1-3-10-20)24(31)26-19-8-6-7-17(13-19)21-16-28-12-5-4-11-22(28)27-21/h1-3,6-10,13-16H,4-5,11-12H2,(H,26,31). The van der Waals surface area contributed by atoms with E-state index < -0.39 is 11.7 Å². The van der Waals surface area contributed by atoms with Crippen molar-refractivity contribution in [3.05, 3.63) is 84.6 Å². The highest BCUT2D eigenvalue weighted by Gasteiger charge is 2.19. The molecule has 2 aromatic heterocycles. The minimum absolute atomic E-state index is 0.235. The van der Waals surface area contributed by atoms with E-state index in [0.717, 1.165) is 42.2 Å². The second kappa shape index (κ2) is 8.02. The number of fused-ring (bicyclic) bond motifs is 1. The molecule has 7 heteroatoms. The fraction of sp³-hybridized carbons (Fsp3) is 0.167. The van der Waals surface area contributed by atoms with Gasteiger partial charge in [-0.1, -0.05) is 30.3 Å². The molecule has 0 unspecified atom stereocenters. The number of anilines is 1. The molecule has 1 N–H and O–H groups in total. The molecule has 0 atom stereocenters. The van der Waals surface area contributed by atoms with Gasteiger partial charge in [-0.25, -0.2) is 9.67 Å². The van der Waals surface area contributed by atoms with Crippen LogP contribution in [-0.2, 0) is 17.8 Å². The molecule has 0 saturated heterocycles. The number of imidazole rings is 1. The van der Waals surface area contributed by atoms with E-state index in [4.69, 9.17) is 4.98 Å². The van der Waals surface area contributed by atoms with E-state index in [-0.39, 0.29) is 5.56 Å². The van der Waals surface area contributed by atoms with Crippen LogP contribution in [0.1, 0.15) is 29.0 Å². The smallest absolute Gasteiger partial charge is 0.296 e. The average Bonchev–Trinajstić information content (AvgIpc) is 3.47. The van der Waals surface area contributed by atoms with Gasteiger partial charge in [0.2, 0.25) is 0 Å². The molecule has 0 radical (unpaired) electrons. The highest BCUT2D eigenvalue weighted by atomic mass is 16.2. The minimum Gasteiger partial charge on any atom is -0.334 e. The molecular formula is C24H21N5O2. The first-order valence-corrected chi connectivity index (χ1v) is 10.3. The normalized spacial score (nSPS) is 12.9. The van der Waals surface area contributed by atoms with E-state index in [2.05, 4.69) is 21.2 Å². The van der Waals surface area contributed by atoms with Crippen LogP contribution in [0, 0.1) is 0 Å². The maximum Gasteiger partial charge on any atom is 0.296 e. The zero-order chi connectivity index (χ0) is 21.2. The first kappa shape index (κ1) is 19.0. The summed E-state index contributed by atoms with van der Waals surface area (Å²) in [5.41, 5.74) is 3.39. The van der Waals surface area contributed by atoms with Crippen LogP contribution in [0.15, 0.2) is 73.2 Å². The third-order valence-electron chi connectivity index (χ3n) is 5.40. The number of nitrogens with one attached hydrogen (secondary N) is 1. The minimum atomic E-state index is -0.700. The van der Waals surface area contributed by atoms with Gasteiger partial charge in [0.15, 0.2) is 0 Å². The van der Waals surface area contributed by atoms with Crippen molar-refractivity contribution in [1.29, 1.82) is 0 Å². The van der Waals surface area contributed by atoms with Gasteiger partial charge < -0.3 is 9.88 Å². The van der Waals surface area contributed by atoms with E-state index in [9.17, 15) is 9.59 Å². The van der Waals surface area contributed by atoms with E-state index in [0.29, 0.717) is 5.69 Å². The van der Waals surface area contributed by atoms with Gasteiger partial charge in [0, 0.05) is 36.6 Å². The molecule has 1 amide bonds. The van der Waals surface area contributed by atoms with E-state index in [1.165, 1.54) is 12.6 Å². The molecule has 0 spiro atoms. The first-order valence-electron chi connectivity index (χ1n) is 10.3. The largest absolute Gasteiger partial charge is 0.334 e. The van der Waals surface area contributed by atoms with Crippen LogP contribution in [0.5, 0.6) is 0 Å². The number of rotatable bonds is 5. The van der Waals surface area contributed by atoms with Crippen LogP contribution in [-0.4, -0.2) is 31.0 Å². The van der Waals surface area contributed by atoms with Crippen molar-refractivity contribution in [2.24, 2.45) is 0 Å². The summed E-state index contributed by atoms with van der Waals surface area (Å²) in [6, 6.07) is 16.8. The summed E-state index contributed by atoms with van der Waals surface area (Å²) in [5, 5.41) is 6.89. The number of para-hydroxylation sites is 1. The van der Waals surface area contributed by atoms with Gasteiger partial charge in [0.1, 0.15) is 5.82 Å². The number of ketones is 1. The molecule has 2 aromatic carbocycles. The van der Waals surface area contributed by atoms with E-state index in [1.807, 2.05) is 48.5 Å². The summed E-state index contributed by atoms with van der Waals surface area (Å²) < 4.78 is 3.76. The number of hydrogen-bond donors (Lipinski definition) is 1. The van der Waals surface area contributed by atoms with Crippen LogP contribution in [0.3, 0.4) is 0 Å². The SMILES string of the molecule is O=C(Nc1cccc(-c2cn3c(n2)CCCC3)c1)C(=O)c1cnn(-c2ccccc2)c1. The molecule has 1 aliphatic heterocycles. The van der Waals surface area contributed by atoms with Crippen molar-refractivity contribution in [3.63, 3.8) is 0 Å². The first-order chi connectivity index (χ1) is 15.2. The summed E-state index contributed by atoms with van der Waals surface area (Å²) in [7, 11) is 0. The number of amides is 1. The molecule has 0 fully saturated rings. The summed E-state index contributed by atoms with van der Waals surface area (Å²) in [4.78, 5) is 29.9. The lowest BCUT2D eigenvalue weighted by atomic mass is 10.1. The maximum atomic E-state index is 12.6. The number of nitrogens with zero attached hydrogens (tertiary/aromatic N) is 4. The number of benzene rings is 2. The Hall–Kier alpha value is -4.00. The molecule has 0 saturated carbocycles. The van der Waals surface area contributed by atoms with Crippen LogP contribution in [0.4, 0.5) is 5.69 Å². The lowest BCUT2D eigenvalue weighted by molar-refractivity contribution is -0.112. The van der Waals surface area contributed by atoms with Crippen molar-refractivity contribution in [2.75, 3.05) is 5.32 Å². The quantitative estimate of drug-likeness (QED) is 0.399. The van der Waals surface area contributed by atoms with Crippen LogP contribution in [0.25, 0.3) is 16.9 Å². The number of aryl methyl sites for hydroxylation is 2. The molecule has 3 heterocycles. The number of carbonyl (C=O) groups excluding carboxylic acids is 2. The van der Waals surface area contributed by atoms with Crippen molar-refractivity contribution in [3.8, 4) is 16.9 Å². The van der Waals surface area contributed by atoms with Crippen LogP contribution >= 0.6 is 0 Å². The average molecular weight is 411 g/mol. The van der Waals surface area contributed by atoms with Crippen LogP contribution in [0.2, 0.25) is 0 Å². The Kier molecular flexibility index (Phi) is 4.92. The van der Waals surface area contributed by atoms with Crippen LogP contribution < -0.4 is 5.32 Å². The number of Topliss-reactive ketones (excluding diaryl/α,β-unsaturated/α-hetero) is 1. The summed E-state index contributed by atoms with van der Waals surface area (Å²) in [6.45, 7) is 0.990. The number of aromatic nitrogens is 4. The van der Waals surface area contributed by atoms with Crippen molar-refractivity contribution < 1.29 is 9.59 Å². The molecule has 7 nitrogen and oxygen atoms in total. The summed E-state index contributed by atoms with van der Waals surface area (Å²) >= 11 is 0. The zero-order valence-electron chi connectivity index (χ0n) is 16.9. The monoisotopic (exact) mass is 411 g/mol. The predicted octanol–water partition coefficient (Wildman–Crippen LogP) is 3.89. The molecule has 1 aliphatic rings. The molecule has 31 heavy (non-hydrogen) atoms. The van der Waals surface area contributed by atoms with Gasteiger partial charge in [0.25, 0.3) is 11.7 Å². The number of carbonyl (C=O) groups is 2. The third-order valence-corrected chi connectivity index (χ3v) is 5.40. The Balaban J connectivity index is 1.31. The highest BCUT2D eigenvalue weighted by molar-refractivity contribution is 6.46. The fourth-order valence-electron chi connectivity index (χ4n) is 3.79. The predicted molar refractivity (Wildman–Crippen MR) is 117 cm³/mol. The van der Waals surface area contributed by atoms with E-state index in [1.54, 1.807) is 16.9 Å². The van der Waals surface area contributed by atoms with Gasteiger partial charge in [0.05, 0.1) is 23.1 Å². The third kappa shape index (κ3) is 3.90.